The second-order valence-corrected chi connectivity index (χ2v) is 10.6. The zero-order valence-electron chi connectivity index (χ0n) is 22.9. The van der Waals surface area contributed by atoms with Gasteiger partial charge >= 0.3 is 0 Å². The summed E-state index contributed by atoms with van der Waals surface area (Å²) in [5, 5.41) is 4.75. The molecule has 0 bridgehead atoms. The Labute approximate surface area is 244 Å². The van der Waals surface area contributed by atoms with Crippen molar-refractivity contribution in [1.82, 2.24) is 0 Å². The average molecular weight is 538 g/mol. The molecule has 0 amide bonds. The topological polar surface area (TPSA) is 16.4 Å². The Kier molecular flexibility index (Phi) is 5.82. The van der Waals surface area contributed by atoms with Crippen molar-refractivity contribution in [2.45, 2.75) is 0 Å². The summed E-state index contributed by atoms with van der Waals surface area (Å²) in [6.45, 7) is 0. The average Bonchev–Trinajstić information content (AvgIpc) is 3.43. The minimum Gasteiger partial charge on any atom is -0.456 e. The third-order valence-electron chi connectivity index (χ3n) is 8.04. The van der Waals surface area contributed by atoms with Crippen molar-refractivity contribution < 1.29 is 4.42 Å². The second-order valence-electron chi connectivity index (χ2n) is 10.6. The summed E-state index contributed by atoms with van der Waals surface area (Å²) in [5.41, 5.74) is 9.88. The van der Waals surface area contributed by atoms with E-state index in [-0.39, 0.29) is 0 Å². The molecule has 0 fully saturated rings. The van der Waals surface area contributed by atoms with Crippen LogP contribution in [0.5, 0.6) is 0 Å². The van der Waals surface area contributed by atoms with E-state index in [9.17, 15) is 0 Å². The smallest absolute Gasteiger partial charge is 0.137 e. The highest BCUT2D eigenvalue weighted by molar-refractivity contribution is 6.06. The van der Waals surface area contributed by atoms with Crippen LogP contribution in [0.25, 0.3) is 55.0 Å². The van der Waals surface area contributed by atoms with Crippen molar-refractivity contribution in [3.8, 4) is 22.3 Å². The van der Waals surface area contributed by atoms with Crippen LogP contribution in [-0.2, 0) is 0 Å². The molecule has 1 aromatic heterocycles. The number of para-hydroxylation sites is 2. The van der Waals surface area contributed by atoms with Crippen LogP contribution in [0.1, 0.15) is 0 Å². The number of hydrogen-bond donors (Lipinski definition) is 0. The summed E-state index contributed by atoms with van der Waals surface area (Å²) in [6.07, 6.45) is 0. The van der Waals surface area contributed by atoms with Gasteiger partial charge in [-0.15, -0.1) is 0 Å². The lowest BCUT2D eigenvalue weighted by Gasteiger charge is -2.25. The number of furan rings is 1. The van der Waals surface area contributed by atoms with Crippen LogP contribution in [-0.4, -0.2) is 0 Å². The van der Waals surface area contributed by atoms with E-state index >= 15 is 0 Å². The van der Waals surface area contributed by atoms with E-state index in [1.807, 2.05) is 12.1 Å². The van der Waals surface area contributed by atoms with Crippen molar-refractivity contribution >= 4 is 49.8 Å². The summed E-state index contributed by atoms with van der Waals surface area (Å²) in [5.74, 6) is 0. The zero-order valence-corrected chi connectivity index (χ0v) is 22.9. The minimum atomic E-state index is 0.884. The molecule has 2 nitrogen and oxygen atoms in total. The van der Waals surface area contributed by atoms with Crippen molar-refractivity contribution in [1.29, 1.82) is 0 Å². The van der Waals surface area contributed by atoms with Gasteiger partial charge in [-0.2, -0.15) is 0 Å². The molecule has 0 aliphatic carbocycles. The first-order chi connectivity index (χ1) is 20.8. The SMILES string of the molecule is c1ccc(-c2cc3ccccc3cc2-c2ccc(N(c3ccccc3)c3ccc4c(c3)oc3ccccc34)cc2)cc1. The molecule has 198 valence electrons. The van der Waals surface area contributed by atoms with Gasteiger partial charge in [0.05, 0.1) is 0 Å². The Hall–Kier alpha value is -5.60. The summed E-state index contributed by atoms with van der Waals surface area (Å²) in [4.78, 5) is 2.29. The quantitative estimate of drug-likeness (QED) is 0.217. The lowest BCUT2D eigenvalue weighted by molar-refractivity contribution is 0.669. The summed E-state index contributed by atoms with van der Waals surface area (Å²) >= 11 is 0. The largest absolute Gasteiger partial charge is 0.456 e. The lowest BCUT2D eigenvalue weighted by atomic mass is 9.91. The van der Waals surface area contributed by atoms with Gasteiger partial charge in [-0.3, -0.25) is 0 Å². The summed E-state index contributed by atoms with van der Waals surface area (Å²) in [6, 6.07) is 58.0. The molecular formula is C40H27NO. The van der Waals surface area contributed by atoms with Crippen LogP contribution in [0.15, 0.2) is 168 Å². The molecule has 0 unspecified atom stereocenters. The third kappa shape index (κ3) is 4.22. The third-order valence-corrected chi connectivity index (χ3v) is 8.04. The highest BCUT2D eigenvalue weighted by atomic mass is 16.3. The van der Waals surface area contributed by atoms with Gasteiger partial charge in [0.15, 0.2) is 0 Å². The minimum absolute atomic E-state index is 0.884. The molecule has 0 radical (unpaired) electrons. The number of hydrogen-bond acceptors (Lipinski definition) is 2. The highest BCUT2D eigenvalue weighted by Crippen LogP contribution is 2.40. The Bertz CT molecular complexity index is 2180. The van der Waals surface area contributed by atoms with Crippen LogP contribution >= 0.6 is 0 Å². The van der Waals surface area contributed by atoms with E-state index in [0.717, 1.165) is 39.0 Å². The molecule has 2 heteroatoms. The number of anilines is 3. The van der Waals surface area contributed by atoms with Gasteiger partial charge < -0.3 is 9.32 Å². The van der Waals surface area contributed by atoms with Gasteiger partial charge in [-0.25, -0.2) is 0 Å². The van der Waals surface area contributed by atoms with Crippen LogP contribution in [0, 0.1) is 0 Å². The summed E-state index contributed by atoms with van der Waals surface area (Å²) in [7, 11) is 0. The Morgan fingerprint density at radius 1 is 0.357 bits per heavy atom. The van der Waals surface area contributed by atoms with Crippen molar-refractivity contribution in [2.75, 3.05) is 4.90 Å². The number of nitrogens with zero attached hydrogens (tertiary/aromatic N) is 1. The first-order valence-electron chi connectivity index (χ1n) is 14.3. The standard InChI is InChI=1S/C40H27NO/c1-3-11-28(12-4-1)37-25-30-13-7-8-14-31(30)26-38(37)29-19-21-33(22-20-29)41(32-15-5-2-6-16-32)34-23-24-36-35-17-9-10-18-39(35)42-40(36)27-34/h1-27H. The van der Waals surface area contributed by atoms with E-state index in [4.69, 9.17) is 4.42 Å². The number of fused-ring (bicyclic) bond motifs is 4. The first kappa shape index (κ1) is 24.2. The second kappa shape index (κ2) is 10.1. The van der Waals surface area contributed by atoms with E-state index in [1.165, 1.54) is 33.0 Å². The molecule has 42 heavy (non-hydrogen) atoms. The molecule has 8 aromatic rings. The van der Waals surface area contributed by atoms with Crippen LogP contribution in [0.2, 0.25) is 0 Å². The fraction of sp³-hybridized carbons (Fsp3) is 0. The predicted molar refractivity (Wildman–Crippen MR) is 177 cm³/mol. The van der Waals surface area contributed by atoms with Gasteiger partial charge in [0.1, 0.15) is 11.2 Å². The Morgan fingerprint density at radius 3 is 1.60 bits per heavy atom. The van der Waals surface area contributed by atoms with Crippen molar-refractivity contribution in [2.24, 2.45) is 0 Å². The van der Waals surface area contributed by atoms with Gasteiger partial charge in [-0.05, 0) is 87.6 Å². The molecule has 1 heterocycles. The molecule has 0 saturated carbocycles. The molecule has 7 aromatic carbocycles. The molecule has 0 aliphatic heterocycles. The molecule has 0 saturated heterocycles. The van der Waals surface area contributed by atoms with E-state index < -0.39 is 0 Å². The van der Waals surface area contributed by atoms with Gasteiger partial charge in [-0.1, -0.05) is 103 Å². The molecule has 0 aliphatic rings. The molecule has 0 spiro atoms. The van der Waals surface area contributed by atoms with E-state index in [1.54, 1.807) is 0 Å². The molecule has 8 rings (SSSR count). The lowest BCUT2D eigenvalue weighted by Crippen LogP contribution is -2.09. The van der Waals surface area contributed by atoms with E-state index in [0.29, 0.717) is 0 Å². The predicted octanol–water partition coefficient (Wildman–Crippen LogP) is 11.5. The monoisotopic (exact) mass is 537 g/mol. The van der Waals surface area contributed by atoms with Crippen LogP contribution in [0.3, 0.4) is 0 Å². The van der Waals surface area contributed by atoms with Crippen LogP contribution in [0.4, 0.5) is 17.1 Å². The first-order valence-corrected chi connectivity index (χ1v) is 14.3. The molecule has 0 N–H and O–H groups in total. The maximum Gasteiger partial charge on any atom is 0.137 e. The number of rotatable bonds is 5. The maximum atomic E-state index is 6.26. The zero-order chi connectivity index (χ0) is 27.9. The summed E-state index contributed by atoms with van der Waals surface area (Å²) < 4.78 is 6.26. The van der Waals surface area contributed by atoms with E-state index in [2.05, 4.69) is 157 Å². The Morgan fingerprint density at radius 2 is 0.881 bits per heavy atom. The van der Waals surface area contributed by atoms with Crippen molar-refractivity contribution in [3.63, 3.8) is 0 Å². The maximum absolute atomic E-state index is 6.26. The van der Waals surface area contributed by atoms with Gasteiger partial charge in [0.2, 0.25) is 0 Å². The molecular weight excluding hydrogens is 510 g/mol. The molecule has 0 atom stereocenters. The number of benzene rings is 7. The Balaban J connectivity index is 1.25. The normalized spacial score (nSPS) is 11.3. The highest BCUT2D eigenvalue weighted by Gasteiger charge is 2.16. The van der Waals surface area contributed by atoms with Gasteiger partial charge in [0, 0.05) is 33.9 Å². The van der Waals surface area contributed by atoms with Crippen molar-refractivity contribution in [3.05, 3.63) is 164 Å². The fourth-order valence-electron chi connectivity index (χ4n) is 6.00. The van der Waals surface area contributed by atoms with Crippen LogP contribution < -0.4 is 4.90 Å². The fourth-order valence-corrected chi connectivity index (χ4v) is 6.00. The van der Waals surface area contributed by atoms with Gasteiger partial charge in [0.25, 0.3) is 0 Å².